The van der Waals surface area contributed by atoms with E-state index in [0.29, 0.717) is 5.92 Å². The van der Waals surface area contributed by atoms with Gasteiger partial charge in [-0.05, 0) is 17.9 Å². The summed E-state index contributed by atoms with van der Waals surface area (Å²) in [7, 11) is 0. The number of hydrogen-bond donors (Lipinski definition) is 2. The zero-order chi connectivity index (χ0) is 15.8. The quantitative estimate of drug-likeness (QED) is 0.798. The normalized spacial score (nSPS) is 16.7. The third-order valence-electron chi connectivity index (χ3n) is 4.38. The molecule has 1 unspecified atom stereocenters. The predicted octanol–water partition coefficient (Wildman–Crippen LogP) is 1.94. The maximum absolute atomic E-state index is 12.5. The topological polar surface area (TPSA) is 44.4 Å². The maximum atomic E-state index is 12.5. The largest absolute Gasteiger partial charge is 0.355 e. The molecule has 2 N–H and O–H groups in total. The molecule has 0 saturated carbocycles. The molecule has 130 valence electrons. The second-order valence-corrected chi connectivity index (χ2v) is 6.42. The van der Waals surface area contributed by atoms with Gasteiger partial charge in [0.25, 0.3) is 0 Å². The Bertz CT molecular complexity index is 447. The number of amides is 1. The molecule has 0 spiro atoms. The van der Waals surface area contributed by atoms with Crippen LogP contribution in [0.15, 0.2) is 30.3 Å². The van der Waals surface area contributed by atoms with Crippen molar-refractivity contribution in [2.24, 2.45) is 11.8 Å². The molecular formula is C18H30ClN3O. The van der Waals surface area contributed by atoms with Gasteiger partial charge < -0.3 is 10.6 Å². The third-order valence-corrected chi connectivity index (χ3v) is 4.38. The van der Waals surface area contributed by atoms with E-state index in [1.54, 1.807) is 0 Å². The molecule has 1 aromatic carbocycles. The van der Waals surface area contributed by atoms with E-state index in [4.69, 9.17) is 0 Å². The van der Waals surface area contributed by atoms with Crippen LogP contribution in [0.2, 0.25) is 0 Å². The van der Waals surface area contributed by atoms with Gasteiger partial charge in [-0.25, -0.2) is 0 Å². The summed E-state index contributed by atoms with van der Waals surface area (Å²) in [4.78, 5) is 14.9. The van der Waals surface area contributed by atoms with Crippen LogP contribution in [-0.2, 0) is 11.2 Å². The highest BCUT2D eigenvalue weighted by Crippen LogP contribution is 2.17. The average Bonchev–Trinajstić information content (AvgIpc) is 2.54. The first-order valence-electron chi connectivity index (χ1n) is 8.41. The summed E-state index contributed by atoms with van der Waals surface area (Å²) in [5, 5.41) is 6.48. The summed E-state index contributed by atoms with van der Waals surface area (Å²) in [5.41, 5.74) is 1.23. The summed E-state index contributed by atoms with van der Waals surface area (Å²) in [6, 6.07) is 10.3. The third kappa shape index (κ3) is 6.90. The first-order chi connectivity index (χ1) is 10.7. The zero-order valence-electron chi connectivity index (χ0n) is 14.3. The van der Waals surface area contributed by atoms with Gasteiger partial charge >= 0.3 is 0 Å². The molecule has 1 atom stereocenters. The molecule has 0 aromatic heterocycles. The Morgan fingerprint density at radius 2 is 1.87 bits per heavy atom. The van der Waals surface area contributed by atoms with Gasteiger partial charge in [0.2, 0.25) is 5.91 Å². The van der Waals surface area contributed by atoms with E-state index in [-0.39, 0.29) is 24.2 Å². The number of benzene rings is 1. The number of nitrogens with zero attached hydrogens (tertiary/aromatic N) is 1. The number of carbonyl (C=O) groups excluding carboxylic acids is 1. The summed E-state index contributed by atoms with van der Waals surface area (Å²) in [6.45, 7) is 10.2. The van der Waals surface area contributed by atoms with Gasteiger partial charge in [-0.1, -0.05) is 44.2 Å². The second kappa shape index (κ2) is 10.6. The average molecular weight is 340 g/mol. The summed E-state index contributed by atoms with van der Waals surface area (Å²) >= 11 is 0. The highest BCUT2D eigenvalue weighted by molar-refractivity contribution is 5.85. The number of nitrogens with one attached hydrogen (secondary N) is 2. The van der Waals surface area contributed by atoms with Crippen LogP contribution in [0.25, 0.3) is 0 Å². The molecule has 0 radical (unpaired) electrons. The summed E-state index contributed by atoms with van der Waals surface area (Å²) in [5.74, 6) is 0.582. The fourth-order valence-electron chi connectivity index (χ4n) is 2.90. The Kier molecular flexibility index (Phi) is 9.22. The highest BCUT2D eigenvalue weighted by atomic mass is 35.5. The van der Waals surface area contributed by atoms with Crippen molar-refractivity contribution in [1.29, 1.82) is 0 Å². The molecule has 1 saturated heterocycles. The highest BCUT2D eigenvalue weighted by Gasteiger charge is 2.22. The van der Waals surface area contributed by atoms with Crippen LogP contribution in [0.3, 0.4) is 0 Å². The van der Waals surface area contributed by atoms with Crippen LogP contribution < -0.4 is 10.6 Å². The monoisotopic (exact) mass is 339 g/mol. The van der Waals surface area contributed by atoms with Crippen molar-refractivity contribution >= 4 is 18.3 Å². The molecule has 23 heavy (non-hydrogen) atoms. The van der Waals surface area contributed by atoms with E-state index in [0.717, 1.165) is 45.7 Å². The van der Waals surface area contributed by atoms with Gasteiger partial charge in [0, 0.05) is 45.2 Å². The van der Waals surface area contributed by atoms with Crippen LogP contribution in [0.1, 0.15) is 19.4 Å². The van der Waals surface area contributed by atoms with E-state index < -0.39 is 0 Å². The molecule has 1 amide bonds. The molecule has 5 heteroatoms. The van der Waals surface area contributed by atoms with Crippen molar-refractivity contribution in [2.75, 3.05) is 39.3 Å². The molecule has 4 nitrogen and oxygen atoms in total. The molecule has 0 bridgehead atoms. The zero-order valence-corrected chi connectivity index (χ0v) is 15.1. The Morgan fingerprint density at radius 1 is 1.22 bits per heavy atom. The summed E-state index contributed by atoms with van der Waals surface area (Å²) in [6.07, 6.45) is 0.817. The smallest absolute Gasteiger partial charge is 0.223 e. The van der Waals surface area contributed by atoms with Gasteiger partial charge in [0.1, 0.15) is 0 Å². The first-order valence-corrected chi connectivity index (χ1v) is 8.41. The minimum absolute atomic E-state index is 0. The van der Waals surface area contributed by atoms with E-state index in [1.807, 2.05) is 18.2 Å². The van der Waals surface area contributed by atoms with Gasteiger partial charge in [0.15, 0.2) is 0 Å². The number of piperazine rings is 1. The van der Waals surface area contributed by atoms with Crippen LogP contribution in [0, 0.1) is 11.8 Å². The van der Waals surface area contributed by atoms with Gasteiger partial charge in [-0.2, -0.15) is 0 Å². The molecule has 1 aromatic rings. The second-order valence-electron chi connectivity index (χ2n) is 6.42. The number of hydrogen-bond acceptors (Lipinski definition) is 3. The minimum Gasteiger partial charge on any atom is -0.355 e. The Labute approximate surface area is 146 Å². The molecular weight excluding hydrogens is 310 g/mol. The molecule has 1 aliphatic heterocycles. The van der Waals surface area contributed by atoms with Crippen molar-refractivity contribution in [2.45, 2.75) is 20.3 Å². The lowest BCUT2D eigenvalue weighted by Gasteiger charge is -2.27. The van der Waals surface area contributed by atoms with Crippen molar-refractivity contribution in [3.8, 4) is 0 Å². The SMILES string of the molecule is CC(C)C(Cc1ccccc1)C(=O)NCCN1CCNCC1.Cl. The van der Waals surface area contributed by atoms with Crippen molar-refractivity contribution in [3.63, 3.8) is 0 Å². The molecule has 1 heterocycles. The number of halogens is 1. The van der Waals surface area contributed by atoms with Gasteiger partial charge in [0.05, 0.1) is 0 Å². The molecule has 1 aliphatic rings. The molecule has 1 fully saturated rings. The van der Waals surface area contributed by atoms with Gasteiger partial charge in [-0.15, -0.1) is 12.4 Å². The van der Waals surface area contributed by atoms with Crippen LogP contribution in [-0.4, -0.2) is 50.1 Å². The Balaban J connectivity index is 0.00000264. The van der Waals surface area contributed by atoms with E-state index >= 15 is 0 Å². The van der Waals surface area contributed by atoms with Gasteiger partial charge in [-0.3, -0.25) is 9.69 Å². The van der Waals surface area contributed by atoms with Crippen molar-refractivity contribution in [1.82, 2.24) is 15.5 Å². The fourth-order valence-corrected chi connectivity index (χ4v) is 2.90. The van der Waals surface area contributed by atoms with Crippen LogP contribution in [0.5, 0.6) is 0 Å². The maximum Gasteiger partial charge on any atom is 0.223 e. The lowest BCUT2D eigenvalue weighted by Crippen LogP contribution is -2.47. The lowest BCUT2D eigenvalue weighted by atomic mass is 9.88. The van der Waals surface area contributed by atoms with E-state index in [9.17, 15) is 4.79 Å². The molecule has 2 rings (SSSR count). The van der Waals surface area contributed by atoms with Crippen LogP contribution >= 0.6 is 12.4 Å². The van der Waals surface area contributed by atoms with E-state index in [2.05, 4.69) is 41.5 Å². The van der Waals surface area contributed by atoms with Crippen molar-refractivity contribution in [3.05, 3.63) is 35.9 Å². The van der Waals surface area contributed by atoms with Crippen LogP contribution in [0.4, 0.5) is 0 Å². The van der Waals surface area contributed by atoms with Crippen molar-refractivity contribution < 1.29 is 4.79 Å². The Hall–Kier alpha value is -1.10. The fraction of sp³-hybridized carbons (Fsp3) is 0.611. The molecule has 0 aliphatic carbocycles. The lowest BCUT2D eigenvalue weighted by molar-refractivity contribution is -0.126. The number of rotatable bonds is 7. The first kappa shape index (κ1) is 19.9. The Morgan fingerprint density at radius 3 is 2.48 bits per heavy atom. The summed E-state index contributed by atoms with van der Waals surface area (Å²) < 4.78 is 0. The minimum atomic E-state index is 0. The predicted molar refractivity (Wildman–Crippen MR) is 98.0 cm³/mol. The van der Waals surface area contributed by atoms with E-state index in [1.165, 1.54) is 5.56 Å². The number of carbonyl (C=O) groups is 1. The standard InChI is InChI=1S/C18H29N3O.ClH/c1-15(2)17(14-16-6-4-3-5-7-16)18(22)20-10-13-21-11-8-19-9-12-21;/h3-7,15,17,19H,8-14H2,1-2H3,(H,20,22);1H.